The summed E-state index contributed by atoms with van der Waals surface area (Å²) in [5.41, 5.74) is 1.62. The van der Waals surface area contributed by atoms with Crippen molar-refractivity contribution in [2.75, 3.05) is 26.3 Å². The van der Waals surface area contributed by atoms with E-state index in [0.717, 1.165) is 18.4 Å². The molecule has 1 aliphatic heterocycles. The monoisotopic (exact) mass is 594 g/mol. The third kappa shape index (κ3) is 7.92. The van der Waals surface area contributed by atoms with Gasteiger partial charge < -0.3 is 9.47 Å². The van der Waals surface area contributed by atoms with Crippen LogP contribution in [0.1, 0.15) is 73.7 Å². The summed E-state index contributed by atoms with van der Waals surface area (Å²) < 4.78 is 25.0. The fourth-order valence-electron chi connectivity index (χ4n) is 4.75. The molecule has 1 saturated carbocycles. The Kier molecular flexibility index (Phi) is 11.7. The first-order valence-corrected chi connectivity index (χ1v) is 14.0. The van der Waals surface area contributed by atoms with E-state index in [4.69, 9.17) is 22.1 Å². The first-order valence-electron chi connectivity index (χ1n) is 13.5. The molecule has 40 heavy (non-hydrogen) atoms. The molecule has 2 unspecified atom stereocenters. The summed E-state index contributed by atoms with van der Waals surface area (Å²) in [6, 6.07) is 5.74. The van der Waals surface area contributed by atoms with Gasteiger partial charge >= 0.3 is 11.9 Å². The van der Waals surface area contributed by atoms with E-state index in [1.165, 1.54) is 10.9 Å². The summed E-state index contributed by atoms with van der Waals surface area (Å²) in [7, 11) is 0. The third-order valence-electron chi connectivity index (χ3n) is 6.83. The van der Waals surface area contributed by atoms with Gasteiger partial charge in [-0.15, -0.1) is 17.5 Å². The highest BCUT2D eigenvalue weighted by atomic mass is 35.5. The molecule has 12 heteroatoms. The fraction of sp³-hybridized carbons (Fsp3) is 0.536. The minimum Gasteiger partial charge on any atom is -0.466 e. The van der Waals surface area contributed by atoms with Gasteiger partial charge in [0.15, 0.2) is 11.5 Å². The first-order chi connectivity index (χ1) is 18.8. The summed E-state index contributed by atoms with van der Waals surface area (Å²) in [6.45, 7) is 5.22. The van der Waals surface area contributed by atoms with Gasteiger partial charge in [-0.05, 0) is 57.2 Å². The van der Waals surface area contributed by atoms with Crippen LogP contribution in [0.5, 0.6) is 0 Å². The van der Waals surface area contributed by atoms with Crippen LogP contribution in [0, 0.1) is 11.7 Å². The van der Waals surface area contributed by atoms with E-state index in [0.29, 0.717) is 50.3 Å². The number of aromatic nitrogens is 3. The number of halogens is 2. The minimum absolute atomic E-state index is 0. The number of thiol groups is 1. The van der Waals surface area contributed by atoms with Crippen molar-refractivity contribution in [3.05, 3.63) is 52.6 Å². The fourth-order valence-corrected chi connectivity index (χ4v) is 5.02. The lowest BCUT2D eigenvalue weighted by Gasteiger charge is -2.37. The maximum atomic E-state index is 14.9. The van der Waals surface area contributed by atoms with Crippen LogP contribution in [0.25, 0.3) is 6.08 Å². The van der Waals surface area contributed by atoms with E-state index in [-0.39, 0.29) is 54.0 Å². The van der Waals surface area contributed by atoms with Gasteiger partial charge in [0.2, 0.25) is 0 Å². The number of benzene rings is 1. The van der Waals surface area contributed by atoms with E-state index in [2.05, 4.69) is 10.2 Å². The number of hydrogen-bond donors (Lipinski definition) is 1. The van der Waals surface area contributed by atoms with Crippen molar-refractivity contribution >= 4 is 48.8 Å². The second-order valence-corrected chi connectivity index (χ2v) is 10.4. The molecule has 1 aromatic heterocycles. The van der Waals surface area contributed by atoms with Crippen molar-refractivity contribution in [1.82, 2.24) is 19.9 Å². The van der Waals surface area contributed by atoms with Gasteiger partial charge in [-0.25, -0.2) is 9.18 Å². The van der Waals surface area contributed by atoms with Gasteiger partial charge in [0.1, 0.15) is 11.5 Å². The molecule has 2 aromatic rings. The number of likely N-dealkylation sites (tertiary alicyclic amines) is 1. The van der Waals surface area contributed by atoms with Crippen LogP contribution in [-0.2, 0) is 25.6 Å². The molecule has 9 nitrogen and oxygen atoms in total. The predicted molar refractivity (Wildman–Crippen MR) is 153 cm³/mol. The molecule has 2 fully saturated rings. The quantitative estimate of drug-likeness (QED) is 0.284. The molecule has 0 N–H and O–H groups in total. The highest BCUT2D eigenvalue weighted by molar-refractivity contribution is 7.81. The molecule has 4 rings (SSSR count). The normalized spacial score (nSPS) is 19.1. The number of carbonyl (C=O) groups excluding carboxylic acids is 3. The third-order valence-corrected chi connectivity index (χ3v) is 7.42. The number of nitrogens with zero attached hydrogens (tertiary/aromatic N) is 4. The SMILES string of the molecule is CCOC(=O)CCCn1nc(/C=C2\CN(C(C(=O)C3CC3)c3ccccc3F)CCC2S)c(C(=O)OCC)n1.Cl. The van der Waals surface area contributed by atoms with E-state index in [9.17, 15) is 18.8 Å². The maximum absolute atomic E-state index is 14.9. The van der Waals surface area contributed by atoms with Crippen LogP contribution >= 0.6 is 25.0 Å². The van der Waals surface area contributed by atoms with Crippen molar-refractivity contribution in [3.63, 3.8) is 0 Å². The topological polar surface area (TPSA) is 104 Å². The van der Waals surface area contributed by atoms with Crippen LogP contribution in [0.4, 0.5) is 4.39 Å². The summed E-state index contributed by atoms with van der Waals surface area (Å²) >= 11 is 4.76. The maximum Gasteiger partial charge on any atom is 0.361 e. The number of ether oxygens (including phenoxy) is 2. The number of esters is 2. The zero-order valence-electron chi connectivity index (χ0n) is 22.8. The van der Waals surface area contributed by atoms with Crippen LogP contribution < -0.4 is 0 Å². The Morgan fingerprint density at radius 3 is 2.52 bits per heavy atom. The van der Waals surface area contributed by atoms with Gasteiger partial charge in [0.25, 0.3) is 0 Å². The number of piperidine rings is 1. The molecule has 1 saturated heterocycles. The van der Waals surface area contributed by atoms with Gasteiger partial charge in [-0.2, -0.15) is 22.5 Å². The molecule has 218 valence electrons. The van der Waals surface area contributed by atoms with Crippen LogP contribution in [0.2, 0.25) is 0 Å². The molecule has 1 aliphatic carbocycles. The van der Waals surface area contributed by atoms with Crippen molar-refractivity contribution < 1.29 is 28.2 Å². The molecule has 0 spiro atoms. The average Bonchev–Trinajstić information content (AvgIpc) is 3.68. The molecule has 2 aliphatic rings. The molecule has 2 heterocycles. The molecular weight excluding hydrogens is 559 g/mol. The second-order valence-electron chi connectivity index (χ2n) is 9.75. The number of Topliss-reactive ketones (excluding diaryl/α,β-unsaturated/α-hetero) is 1. The van der Waals surface area contributed by atoms with Gasteiger partial charge in [0.05, 0.1) is 25.8 Å². The average molecular weight is 595 g/mol. The van der Waals surface area contributed by atoms with Crippen LogP contribution in [-0.4, -0.2) is 69.2 Å². The van der Waals surface area contributed by atoms with Crippen LogP contribution in [0.3, 0.4) is 0 Å². The molecule has 0 bridgehead atoms. The Morgan fingerprint density at radius 2 is 1.85 bits per heavy atom. The number of carbonyl (C=O) groups is 3. The Bertz CT molecular complexity index is 1240. The molecule has 2 atom stereocenters. The molecule has 0 radical (unpaired) electrons. The van der Waals surface area contributed by atoms with Crippen molar-refractivity contribution in [1.29, 1.82) is 0 Å². The zero-order chi connectivity index (χ0) is 27.9. The summed E-state index contributed by atoms with van der Waals surface area (Å²) in [6.07, 6.45) is 4.73. The number of rotatable bonds is 12. The number of ketones is 1. The van der Waals surface area contributed by atoms with Crippen molar-refractivity contribution in [3.8, 4) is 0 Å². The van der Waals surface area contributed by atoms with Crippen molar-refractivity contribution in [2.24, 2.45) is 5.92 Å². The Morgan fingerprint density at radius 1 is 1.12 bits per heavy atom. The summed E-state index contributed by atoms with van der Waals surface area (Å²) in [4.78, 5) is 41.1. The van der Waals surface area contributed by atoms with Crippen LogP contribution in [0.15, 0.2) is 29.8 Å². The summed E-state index contributed by atoms with van der Waals surface area (Å²) in [5.74, 6) is -1.30. The van der Waals surface area contributed by atoms with Gasteiger partial charge in [0, 0.05) is 36.2 Å². The highest BCUT2D eigenvalue weighted by Crippen LogP contribution is 2.39. The lowest BCUT2D eigenvalue weighted by molar-refractivity contribution is -0.143. The predicted octanol–water partition coefficient (Wildman–Crippen LogP) is 4.47. The van der Waals surface area contributed by atoms with E-state index < -0.39 is 17.8 Å². The summed E-state index contributed by atoms with van der Waals surface area (Å²) in [5, 5.41) is 8.69. The zero-order valence-corrected chi connectivity index (χ0v) is 24.5. The van der Waals surface area contributed by atoms with Gasteiger partial charge in [-0.3, -0.25) is 14.5 Å². The Labute approximate surface area is 245 Å². The number of hydrogen-bond acceptors (Lipinski definition) is 9. The number of aryl methyl sites for hydroxylation is 1. The van der Waals surface area contributed by atoms with Crippen molar-refractivity contribution in [2.45, 2.75) is 63.8 Å². The molecule has 0 amide bonds. The highest BCUT2D eigenvalue weighted by Gasteiger charge is 2.41. The first kappa shape index (κ1) is 31.8. The van der Waals surface area contributed by atoms with E-state index >= 15 is 0 Å². The Hall–Kier alpha value is -2.76. The minimum atomic E-state index is -0.689. The van der Waals surface area contributed by atoms with Gasteiger partial charge in [-0.1, -0.05) is 18.2 Å². The van der Waals surface area contributed by atoms with E-state index in [1.54, 1.807) is 38.1 Å². The second kappa shape index (κ2) is 14.7. The molecule has 1 aromatic carbocycles. The van der Waals surface area contributed by atoms with E-state index in [1.807, 2.05) is 4.90 Å². The smallest absolute Gasteiger partial charge is 0.361 e. The lowest BCUT2D eigenvalue weighted by Crippen LogP contribution is -2.42. The lowest BCUT2D eigenvalue weighted by atomic mass is 9.93. The Balaban J connectivity index is 0.00000441. The standard InChI is InChI=1S/C28H35FN4O5S.ClH/c1-3-37-24(34)10-7-14-33-30-22(25(31-33)28(36)38-4-2)16-19-17-32(15-13-23(19)39)26(27(35)18-11-12-18)20-8-5-6-9-21(20)29;/h5-6,8-9,16,18,23,26,39H,3-4,7,10-15,17H2,1-2H3;1H/b19-16+;. The largest absolute Gasteiger partial charge is 0.466 e. The molecular formula is C28H36ClFN4O5S.